The van der Waals surface area contributed by atoms with Gasteiger partial charge in [-0.1, -0.05) is 13.3 Å². The summed E-state index contributed by atoms with van der Waals surface area (Å²) in [6.07, 6.45) is 3.17. The van der Waals surface area contributed by atoms with Crippen molar-refractivity contribution in [3.63, 3.8) is 0 Å². The highest BCUT2D eigenvalue weighted by Gasteiger charge is 2.10. The van der Waals surface area contributed by atoms with E-state index in [-0.39, 0.29) is 11.7 Å². The van der Waals surface area contributed by atoms with E-state index in [1.54, 1.807) is 6.07 Å². The second-order valence-corrected chi connectivity index (χ2v) is 4.79. The summed E-state index contributed by atoms with van der Waals surface area (Å²) >= 11 is 0. The number of anilines is 1. The van der Waals surface area contributed by atoms with Crippen molar-refractivity contribution in [3.8, 4) is 5.75 Å². The van der Waals surface area contributed by atoms with Crippen LogP contribution in [-0.4, -0.2) is 19.6 Å². The second-order valence-electron chi connectivity index (χ2n) is 4.79. The number of nitrogens with one attached hydrogen (secondary N) is 1. The Bertz CT molecular complexity index is 438. The third-order valence-corrected chi connectivity index (χ3v) is 3.37. The molecule has 1 rings (SSSR count). The van der Waals surface area contributed by atoms with Gasteiger partial charge in [0.1, 0.15) is 0 Å². The molecular formula is C15H23FN2O2. The van der Waals surface area contributed by atoms with Crippen molar-refractivity contribution in [2.45, 2.75) is 32.6 Å². The summed E-state index contributed by atoms with van der Waals surface area (Å²) in [6.45, 7) is 2.74. The minimum absolute atomic E-state index is 0.106. The molecule has 1 aromatic rings. The van der Waals surface area contributed by atoms with Crippen molar-refractivity contribution in [3.05, 3.63) is 24.0 Å². The average Bonchev–Trinajstić information content (AvgIpc) is 2.43. The lowest BCUT2D eigenvalue weighted by atomic mass is 9.96. The highest BCUT2D eigenvalue weighted by atomic mass is 19.1. The van der Waals surface area contributed by atoms with Crippen molar-refractivity contribution in [2.75, 3.05) is 19.0 Å². The van der Waals surface area contributed by atoms with E-state index in [2.05, 4.69) is 12.2 Å². The number of rotatable bonds is 8. The average molecular weight is 282 g/mol. The van der Waals surface area contributed by atoms with Crippen molar-refractivity contribution in [1.29, 1.82) is 0 Å². The monoisotopic (exact) mass is 282 g/mol. The number of methoxy groups -OCH3 is 1. The van der Waals surface area contributed by atoms with Gasteiger partial charge in [-0.2, -0.15) is 0 Å². The largest absolute Gasteiger partial charge is 0.494 e. The van der Waals surface area contributed by atoms with Crippen LogP contribution in [0, 0.1) is 11.7 Å². The Morgan fingerprint density at radius 3 is 2.75 bits per heavy atom. The molecule has 3 N–H and O–H groups in total. The molecule has 112 valence electrons. The third-order valence-electron chi connectivity index (χ3n) is 3.37. The van der Waals surface area contributed by atoms with Crippen LogP contribution in [0.5, 0.6) is 5.75 Å². The fourth-order valence-corrected chi connectivity index (χ4v) is 2.09. The number of carbonyl (C=O) groups excluding carboxylic acids is 1. The third kappa shape index (κ3) is 5.17. The van der Waals surface area contributed by atoms with E-state index in [0.29, 0.717) is 24.6 Å². The van der Waals surface area contributed by atoms with Crippen molar-refractivity contribution in [2.24, 2.45) is 11.7 Å². The summed E-state index contributed by atoms with van der Waals surface area (Å²) in [5.74, 6) is 0.0419. The summed E-state index contributed by atoms with van der Waals surface area (Å²) < 4.78 is 18.3. The fourth-order valence-electron chi connectivity index (χ4n) is 2.09. The van der Waals surface area contributed by atoms with Gasteiger partial charge in [-0.3, -0.25) is 4.79 Å². The number of hydrogen-bond donors (Lipinski definition) is 2. The summed E-state index contributed by atoms with van der Waals surface area (Å²) in [4.78, 5) is 11.8. The Balaban J connectivity index is 2.48. The molecule has 1 atom stereocenters. The normalized spacial score (nSPS) is 12.0. The summed E-state index contributed by atoms with van der Waals surface area (Å²) in [7, 11) is 1.40. The maximum Gasteiger partial charge on any atom is 0.224 e. The number of hydrogen-bond acceptors (Lipinski definition) is 3. The van der Waals surface area contributed by atoms with Gasteiger partial charge in [-0.25, -0.2) is 4.39 Å². The maximum absolute atomic E-state index is 13.5. The molecule has 0 saturated carbocycles. The van der Waals surface area contributed by atoms with Crippen molar-refractivity contribution >= 4 is 11.6 Å². The first-order chi connectivity index (χ1) is 9.60. The van der Waals surface area contributed by atoms with E-state index < -0.39 is 5.82 Å². The van der Waals surface area contributed by atoms with E-state index in [9.17, 15) is 9.18 Å². The van der Waals surface area contributed by atoms with Crippen LogP contribution in [0.2, 0.25) is 0 Å². The van der Waals surface area contributed by atoms with Gasteiger partial charge >= 0.3 is 0 Å². The molecule has 0 saturated heterocycles. The summed E-state index contributed by atoms with van der Waals surface area (Å²) in [5.41, 5.74) is 5.97. The molecule has 0 aliphatic heterocycles. The quantitative estimate of drug-likeness (QED) is 0.770. The molecule has 1 aromatic carbocycles. The number of nitrogens with two attached hydrogens (primary N) is 1. The van der Waals surface area contributed by atoms with Gasteiger partial charge in [-0.05, 0) is 37.4 Å². The molecule has 1 unspecified atom stereocenters. The molecular weight excluding hydrogens is 259 g/mol. The van der Waals surface area contributed by atoms with E-state index in [1.807, 2.05) is 0 Å². The van der Waals surface area contributed by atoms with Gasteiger partial charge in [0.05, 0.1) is 7.11 Å². The van der Waals surface area contributed by atoms with Crippen LogP contribution < -0.4 is 15.8 Å². The Hall–Kier alpha value is -1.62. The minimum atomic E-state index is -0.486. The van der Waals surface area contributed by atoms with Gasteiger partial charge < -0.3 is 15.8 Å². The SMILES string of the molecule is CCC(CCN)CCC(=O)Nc1ccc(OC)c(F)c1. The summed E-state index contributed by atoms with van der Waals surface area (Å²) in [6, 6.07) is 4.37. The number of carbonyl (C=O) groups is 1. The predicted octanol–water partition coefficient (Wildman–Crippen LogP) is 2.93. The first-order valence-electron chi connectivity index (χ1n) is 6.94. The summed E-state index contributed by atoms with van der Waals surface area (Å²) in [5, 5.41) is 2.69. The standard InChI is InChI=1S/C15H23FN2O2/c1-3-11(8-9-17)4-7-15(19)18-12-5-6-14(20-2)13(16)10-12/h5-6,10-11H,3-4,7-9,17H2,1-2H3,(H,18,19). The zero-order chi connectivity index (χ0) is 15.0. The number of benzene rings is 1. The van der Waals surface area contributed by atoms with Gasteiger partial charge in [-0.15, -0.1) is 0 Å². The number of ether oxygens (including phenoxy) is 1. The Morgan fingerprint density at radius 2 is 2.20 bits per heavy atom. The van der Waals surface area contributed by atoms with Crippen molar-refractivity contribution in [1.82, 2.24) is 0 Å². The zero-order valence-electron chi connectivity index (χ0n) is 12.1. The van der Waals surface area contributed by atoms with Crippen LogP contribution in [-0.2, 0) is 4.79 Å². The Morgan fingerprint density at radius 1 is 1.45 bits per heavy atom. The van der Waals surface area contributed by atoms with Gasteiger partial charge in [0.2, 0.25) is 5.91 Å². The van der Waals surface area contributed by atoms with Gasteiger partial charge in [0.25, 0.3) is 0 Å². The number of halogens is 1. The van der Waals surface area contributed by atoms with E-state index in [0.717, 1.165) is 19.3 Å². The Kier molecular flexibility index (Phi) is 7.01. The molecule has 5 heteroatoms. The van der Waals surface area contributed by atoms with Crippen LogP contribution in [0.25, 0.3) is 0 Å². The molecule has 0 heterocycles. The van der Waals surface area contributed by atoms with E-state index >= 15 is 0 Å². The number of amides is 1. The maximum atomic E-state index is 13.5. The lowest BCUT2D eigenvalue weighted by Crippen LogP contribution is -2.15. The lowest BCUT2D eigenvalue weighted by molar-refractivity contribution is -0.116. The molecule has 0 spiro atoms. The molecule has 0 aliphatic rings. The predicted molar refractivity (Wildman–Crippen MR) is 78.3 cm³/mol. The van der Waals surface area contributed by atoms with E-state index in [1.165, 1.54) is 19.2 Å². The van der Waals surface area contributed by atoms with Crippen LogP contribution in [0.1, 0.15) is 32.6 Å². The minimum Gasteiger partial charge on any atom is -0.494 e. The van der Waals surface area contributed by atoms with Gasteiger partial charge in [0.15, 0.2) is 11.6 Å². The molecule has 0 aromatic heterocycles. The highest BCUT2D eigenvalue weighted by Crippen LogP contribution is 2.21. The van der Waals surface area contributed by atoms with Crippen LogP contribution in [0.3, 0.4) is 0 Å². The first kappa shape index (κ1) is 16.4. The lowest BCUT2D eigenvalue weighted by Gasteiger charge is -2.13. The molecule has 20 heavy (non-hydrogen) atoms. The zero-order valence-corrected chi connectivity index (χ0v) is 12.1. The van der Waals surface area contributed by atoms with Crippen LogP contribution in [0.4, 0.5) is 10.1 Å². The molecule has 0 bridgehead atoms. The second kappa shape index (κ2) is 8.53. The van der Waals surface area contributed by atoms with Crippen LogP contribution in [0.15, 0.2) is 18.2 Å². The van der Waals surface area contributed by atoms with Gasteiger partial charge in [0, 0.05) is 18.2 Å². The molecule has 0 aliphatic carbocycles. The molecule has 0 fully saturated rings. The molecule has 0 radical (unpaired) electrons. The highest BCUT2D eigenvalue weighted by molar-refractivity contribution is 5.90. The van der Waals surface area contributed by atoms with Crippen molar-refractivity contribution < 1.29 is 13.9 Å². The van der Waals surface area contributed by atoms with Crippen LogP contribution >= 0.6 is 0 Å². The fraction of sp³-hybridized carbons (Fsp3) is 0.533. The molecule has 1 amide bonds. The van der Waals surface area contributed by atoms with E-state index in [4.69, 9.17) is 10.5 Å². The molecule has 4 nitrogen and oxygen atoms in total. The first-order valence-corrected chi connectivity index (χ1v) is 6.94. The smallest absolute Gasteiger partial charge is 0.224 e. The topological polar surface area (TPSA) is 64.4 Å². The Labute approximate surface area is 119 Å².